The lowest BCUT2D eigenvalue weighted by Crippen LogP contribution is -2.41. The second-order valence-corrected chi connectivity index (χ2v) is 8.34. The predicted molar refractivity (Wildman–Crippen MR) is 83.8 cm³/mol. The fourth-order valence-corrected chi connectivity index (χ4v) is 2.97. The second-order valence-electron chi connectivity index (χ2n) is 5.27. The number of carbonyl (C=O) groups is 2. The lowest BCUT2D eigenvalue weighted by Gasteiger charge is -2.22. The van der Waals surface area contributed by atoms with Gasteiger partial charge in [-0.1, -0.05) is 29.3 Å². The summed E-state index contributed by atoms with van der Waals surface area (Å²) in [6.07, 6.45) is 1.05. The number of amides is 3. The van der Waals surface area contributed by atoms with Crippen molar-refractivity contribution >= 4 is 45.0 Å². The monoisotopic (exact) mass is 364 g/mol. The van der Waals surface area contributed by atoms with Crippen LogP contribution in [-0.2, 0) is 20.2 Å². The zero-order chi connectivity index (χ0) is 16.7. The first kappa shape index (κ1) is 17.1. The molecular weight excluding hydrogens is 351 g/mol. The van der Waals surface area contributed by atoms with Crippen LogP contribution >= 0.6 is 23.2 Å². The van der Waals surface area contributed by atoms with Crippen molar-refractivity contribution in [3.05, 3.63) is 33.8 Å². The molecular formula is C13H14Cl2N2O4S. The molecule has 1 saturated heterocycles. The summed E-state index contributed by atoms with van der Waals surface area (Å²) < 4.78 is 22.4. The highest BCUT2D eigenvalue weighted by Crippen LogP contribution is 2.32. The third-order valence-corrected chi connectivity index (χ3v) is 5.12. The van der Waals surface area contributed by atoms with E-state index in [1.165, 1.54) is 19.1 Å². The van der Waals surface area contributed by atoms with E-state index < -0.39 is 27.3 Å². The van der Waals surface area contributed by atoms with Crippen molar-refractivity contribution < 1.29 is 18.0 Å². The number of rotatable bonds is 4. The van der Waals surface area contributed by atoms with Gasteiger partial charge < -0.3 is 5.32 Å². The number of carbonyl (C=O) groups excluding carboxylic acids is 2. The van der Waals surface area contributed by atoms with Gasteiger partial charge in [-0.25, -0.2) is 13.2 Å². The molecule has 1 fully saturated rings. The van der Waals surface area contributed by atoms with Gasteiger partial charge in [-0.3, -0.25) is 9.69 Å². The van der Waals surface area contributed by atoms with Gasteiger partial charge >= 0.3 is 6.03 Å². The third kappa shape index (κ3) is 3.21. The maximum Gasteiger partial charge on any atom is 0.325 e. The maximum absolute atomic E-state index is 12.5. The van der Waals surface area contributed by atoms with Crippen molar-refractivity contribution in [1.82, 2.24) is 10.2 Å². The van der Waals surface area contributed by atoms with E-state index in [2.05, 4.69) is 5.32 Å². The number of imide groups is 1. The molecule has 0 saturated carbocycles. The smallest absolute Gasteiger partial charge is 0.319 e. The average Bonchev–Trinajstić information content (AvgIpc) is 2.61. The van der Waals surface area contributed by atoms with Crippen LogP contribution in [0.5, 0.6) is 0 Å². The number of nitrogens with one attached hydrogen (secondary N) is 1. The molecule has 1 atom stereocenters. The number of sulfone groups is 1. The van der Waals surface area contributed by atoms with Gasteiger partial charge in [0.05, 0.1) is 15.8 Å². The minimum atomic E-state index is -3.29. The van der Waals surface area contributed by atoms with Crippen molar-refractivity contribution in [2.75, 3.05) is 18.6 Å². The van der Waals surface area contributed by atoms with Crippen LogP contribution in [0.2, 0.25) is 10.0 Å². The van der Waals surface area contributed by atoms with Crippen LogP contribution in [0.15, 0.2) is 18.2 Å². The molecule has 0 spiro atoms. The Hall–Kier alpha value is -1.31. The Morgan fingerprint density at radius 3 is 2.41 bits per heavy atom. The third-order valence-electron chi connectivity index (χ3n) is 3.46. The largest absolute Gasteiger partial charge is 0.325 e. The molecule has 22 heavy (non-hydrogen) atoms. The van der Waals surface area contributed by atoms with Crippen LogP contribution in [-0.4, -0.2) is 43.8 Å². The molecule has 1 aliphatic rings. The summed E-state index contributed by atoms with van der Waals surface area (Å²) >= 11 is 11.8. The van der Waals surface area contributed by atoms with Gasteiger partial charge in [-0.05, 0) is 24.6 Å². The van der Waals surface area contributed by atoms with Crippen LogP contribution < -0.4 is 5.32 Å². The standard InChI is InChI=1S/C13H14Cl2N2O4S/c1-13(8-3-4-9(14)10(15)7-8)11(18)17(12(19)16-13)5-6-22(2,20)21/h3-4,7H,5-6H2,1-2H3,(H,16,19)/t13-/m0/s1. The fourth-order valence-electron chi connectivity index (χ4n) is 2.16. The van der Waals surface area contributed by atoms with E-state index in [1.807, 2.05) is 0 Å². The summed E-state index contributed by atoms with van der Waals surface area (Å²) in [6, 6.07) is 3.99. The molecule has 1 N–H and O–H groups in total. The van der Waals surface area contributed by atoms with Gasteiger partial charge in [0.1, 0.15) is 15.4 Å². The van der Waals surface area contributed by atoms with E-state index in [0.717, 1.165) is 11.2 Å². The summed E-state index contributed by atoms with van der Waals surface area (Å²) in [7, 11) is -3.29. The van der Waals surface area contributed by atoms with Crippen LogP contribution in [0.1, 0.15) is 12.5 Å². The molecule has 3 amide bonds. The first-order valence-corrected chi connectivity index (χ1v) is 9.13. The van der Waals surface area contributed by atoms with Crippen molar-refractivity contribution in [2.24, 2.45) is 0 Å². The molecule has 9 heteroatoms. The molecule has 1 aromatic rings. The van der Waals surface area contributed by atoms with E-state index in [9.17, 15) is 18.0 Å². The highest BCUT2D eigenvalue weighted by atomic mass is 35.5. The number of halogens is 2. The van der Waals surface area contributed by atoms with Gasteiger partial charge in [0.2, 0.25) is 0 Å². The average molecular weight is 365 g/mol. The van der Waals surface area contributed by atoms with Gasteiger partial charge in [0, 0.05) is 12.8 Å². The SMILES string of the molecule is C[C@@]1(c2ccc(Cl)c(Cl)c2)NC(=O)N(CCS(C)(=O)=O)C1=O. The van der Waals surface area contributed by atoms with Gasteiger partial charge in [0.25, 0.3) is 5.91 Å². The van der Waals surface area contributed by atoms with Crippen molar-refractivity contribution in [3.8, 4) is 0 Å². The highest BCUT2D eigenvalue weighted by Gasteiger charge is 2.49. The molecule has 0 unspecified atom stereocenters. The number of nitrogens with zero attached hydrogens (tertiary/aromatic N) is 1. The summed E-state index contributed by atoms with van der Waals surface area (Å²) in [5.74, 6) is -0.816. The quantitative estimate of drug-likeness (QED) is 0.825. The molecule has 6 nitrogen and oxygen atoms in total. The zero-order valence-electron chi connectivity index (χ0n) is 11.9. The van der Waals surface area contributed by atoms with Crippen LogP contribution in [0, 0.1) is 0 Å². The van der Waals surface area contributed by atoms with E-state index in [-0.39, 0.29) is 17.3 Å². The van der Waals surface area contributed by atoms with Crippen molar-refractivity contribution in [1.29, 1.82) is 0 Å². The number of hydrogen-bond acceptors (Lipinski definition) is 4. The maximum atomic E-state index is 12.5. The Bertz CT molecular complexity index is 750. The molecule has 1 aromatic carbocycles. The predicted octanol–water partition coefficient (Wildman–Crippen LogP) is 1.80. The van der Waals surface area contributed by atoms with Gasteiger partial charge in [-0.2, -0.15) is 0 Å². The van der Waals surface area contributed by atoms with Crippen LogP contribution in [0.3, 0.4) is 0 Å². The molecule has 0 aliphatic carbocycles. The van der Waals surface area contributed by atoms with Crippen molar-refractivity contribution in [3.63, 3.8) is 0 Å². The minimum absolute atomic E-state index is 0.194. The van der Waals surface area contributed by atoms with Gasteiger partial charge in [0.15, 0.2) is 0 Å². The zero-order valence-corrected chi connectivity index (χ0v) is 14.2. The van der Waals surface area contributed by atoms with Crippen LogP contribution in [0.25, 0.3) is 0 Å². The fraction of sp³-hybridized carbons (Fsp3) is 0.385. The molecule has 2 rings (SSSR count). The van der Waals surface area contributed by atoms with E-state index in [0.29, 0.717) is 10.6 Å². The first-order valence-electron chi connectivity index (χ1n) is 6.32. The molecule has 120 valence electrons. The molecule has 0 bridgehead atoms. The Kier molecular flexibility index (Phi) is 4.43. The topological polar surface area (TPSA) is 83.6 Å². The second kappa shape index (κ2) is 5.72. The van der Waals surface area contributed by atoms with E-state index in [1.54, 1.807) is 6.07 Å². The number of hydrogen-bond donors (Lipinski definition) is 1. The Morgan fingerprint density at radius 1 is 1.23 bits per heavy atom. The number of benzene rings is 1. The van der Waals surface area contributed by atoms with E-state index in [4.69, 9.17) is 23.2 Å². The molecule has 1 aliphatic heterocycles. The summed E-state index contributed by atoms with van der Waals surface area (Å²) in [5.41, 5.74) is -0.829. The lowest BCUT2D eigenvalue weighted by molar-refractivity contribution is -0.130. The van der Waals surface area contributed by atoms with Crippen molar-refractivity contribution in [2.45, 2.75) is 12.5 Å². The molecule has 0 aromatic heterocycles. The Labute approximate surface area is 138 Å². The lowest BCUT2D eigenvalue weighted by atomic mass is 9.92. The molecule has 0 radical (unpaired) electrons. The summed E-state index contributed by atoms with van der Waals surface area (Å²) in [6.45, 7) is 1.34. The normalized spacial score (nSPS) is 22.1. The number of urea groups is 1. The van der Waals surface area contributed by atoms with E-state index >= 15 is 0 Å². The summed E-state index contributed by atoms with van der Waals surface area (Å²) in [5, 5.41) is 3.16. The van der Waals surface area contributed by atoms with Gasteiger partial charge in [-0.15, -0.1) is 0 Å². The first-order chi connectivity index (χ1) is 10.0. The molecule has 1 heterocycles. The highest BCUT2D eigenvalue weighted by molar-refractivity contribution is 7.90. The Morgan fingerprint density at radius 2 is 1.86 bits per heavy atom. The Balaban J connectivity index is 2.31. The summed E-state index contributed by atoms with van der Waals surface area (Å²) in [4.78, 5) is 25.4. The van der Waals surface area contributed by atoms with Crippen LogP contribution in [0.4, 0.5) is 4.79 Å². The minimum Gasteiger partial charge on any atom is -0.319 e.